The first-order valence-corrected chi connectivity index (χ1v) is 8.93. The number of likely N-dealkylation sites (N-methyl/N-ethyl adjacent to an activating group) is 1. The molecule has 0 unspecified atom stereocenters. The van der Waals surface area contributed by atoms with Gasteiger partial charge in [-0.05, 0) is 36.2 Å². The average molecular weight is 323 g/mol. The molecule has 0 radical (unpaired) electrons. The lowest BCUT2D eigenvalue weighted by Crippen LogP contribution is -2.43. The van der Waals surface area contributed by atoms with Crippen LogP contribution in [0.3, 0.4) is 0 Å². The number of hydrogen-bond acceptors (Lipinski definition) is 4. The second-order valence-electron chi connectivity index (χ2n) is 6.31. The minimum atomic E-state index is 1.000. The quantitative estimate of drug-likeness (QED) is 0.732. The van der Waals surface area contributed by atoms with Gasteiger partial charge in [-0.15, -0.1) is 11.3 Å². The van der Waals surface area contributed by atoms with Crippen molar-refractivity contribution in [1.82, 2.24) is 14.8 Å². The van der Waals surface area contributed by atoms with Crippen LogP contribution in [0.5, 0.6) is 0 Å². The molecule has 4 rings (SSSR count). The fourth-order valence-corrected chi connectivity index (χ4v) is 4.14. The molecular weight excluding hydrogens is 302 g/mol. The lowest BCUT2D eigenvalue weighted by molar-refractivity contribution is 0.148. The van der Waals surface area contributed by atoms with E-state index in [4.69, 9.17) is 0 Å². The lowest BCUT2D eigenvalue weighted by Gasteiger charge is -2.32. The SMILES string of the molecule is CN1CCN(Cc2cncc(-c3cc4ccccc4s3)c2)CC1. The van der Waals surface area contributed by atoms with Crippen molar-refractivity contribution < 1.29 is 0 Å². The van der Waals surface area contributed by atoms with E-state index in [0.717, 1.165) is 32.7 Å². The van der Waals surface area contributed by atoms with Crippen molar-refractivity contribution in [2.45, 2.75) is 6.54 Å². The van der Waals surface area contributed by atoms with Gasteiger partial charge in [0.1, 0.15) is 0 Å². The number of benzene rings is 1. The lowest BCUT2D eigenvalue weighted by atomic mass is 10.1. The normalized spacial score (nSPS) is 16.9. The Hall–Kier alpha value is -1.75. The molecule has 1 aliphatic rings. The molecule has 118 valence electrons. The number of aromatic nitrogens is 1. The summed E-state index contributed by atoms with van der Waals surface area (Å²) in [4.78, 5) is 10.7. The van der Waals surface area contributed by atoms with E-state index in [1.54, 1.807) is 0 Å². The van der Waals surface area contributed by atoms with Gasteiger partial charge in [0.15, 0.2) is 0 Å². The van der Waals surface area contributed by atoms with Gasteiger partial charge >= 0.3 is 0 Å². The number of fused-ring (bicyclic) bond motifs is 1. The maximum atomic E-state index is 4.48. The molecule has 23 heavy (non-hydrogen) atoms. The second kappa shape index (κ2) is 6.40. The molecule has 4 heteroatoms. The molecular formula is C19H21N3S. The van der Waals surface area contributed by atoms with Crippen molar-refractivity contribution >= 4 is 21.4 Å². The Morgan fingerprint density at radius 3 is 2.70 bits per heavy atom. The van der Waals surface area contributed by atoms with Crippen LogP contribution < -0.4 is 0 Å². The van der Waals surface area contributed by atoms with E-state index in [1.807, 2.05) is 23.7 Å². The number of thiophene rings is 1. The molecule has 0 saturated carbocycles. The van der Waals surface area contributed by atoms with Crippen LogP contribution in [0.15, 0.2) is 48.8 Å². The Kier molecular flexibility index (Phi) is 4.12. The molecule has 2 aromatic heterocycles. The Bertz CT molecular complexity index is 770. The monoisotopic (exact) mass is 323 g/mol. The van der Waals surface area contributed by atoms with E-state index in [0.29, 0.717) is 0 Å². The Morgan fingerprint density at radius 1 is 1.04 bits per heavy atom. The zero-order valence-electron chi connectivity index (χ0n) is 13.4. The van der Waals surface area contributed by atoms with Crippen LogP contribution in [0, 0.1) is 0 Å². The van der Waals surface area contributed by atoms with Crippen molar-refractivity contribution in [2.24, 2.45) is 0 Å². The van der Waals surface area contributed by atoms with Crippen LogP contribution in [-0.2, 0) is 6.54 Å². The van der Waals surface area contributed by atoms with E-state index in [9.17, 15) is 0 Å². The second-order valence-corrected chi connectivity index (χ2v) is 7.39. The summed E-state index contributed by atoms with van der Waals surface area (Å²) in [6.45, 7) is 5.60. The Labute approximate surface area is 141 Å². The Morgan fingerprint density at radius 2 is 1.87 bits per heavy atom. The minimum absolute atomic E-state index is 1.000. The van der Waals surface area contributed by atoms with Gasteiger partial charge in [-0.2, -0.15) is 0 Å². The first-order chi connectivity index (χ1) is 11.3. The highest BCUT2D eigenvalue weighted by Crippen LogP contribution is 2.33. The molecule has 0 spiro atoms. The average Bonchev–Trinajstić information content (AvgIpc) is 3.01. The van der Waals surface area contributed by atoms with Gasteiger partial charge in [-0.3, -0.25) is 9.88 Å². The van der Waals surface area contributed by atoms with Gasteiger partial charge in [-0.1, -0.05) is 18.2 Å². The molecule has 3 nitrogen and oxygen atoms in total. The zero-order valence-corrected chi connectivity index (χ0v) is 14.2. The van der Waals surface area contributed by atoms with Crippen molar-refractivity contribution in [1.29, 1.82) is 0 Å². The molecule has 0 N–H and O–H groups in total. The van der Waals surface area contributed by atoms with E-state index in [1.165, 1.54) is 26.1 Å². The number of pyridine rings is 1. The third kappa shape index (κ3) is 3.29. The van der Waals surface area contributed by atoms with Gasteiger partial charge in [-0.25, -0.2) is 0 Å². The number of nitrogens with zero attached hydrogens (tertiary/aromatic N) is 3. The number of rotatable bonds is 3. The molecule has 3 heterocycles. The highest BCUT2D eigenvalue weighted by atomic mass is 32.1. The molecule has 0 atom stereocenters. The van der Waals surface area contributed by atoms with Crippen LogP contribution in [0.1, 0.15) is 5.56 Å². The van der Waals surface area contributed by atoms with Crippen LogP contribution in [0.25, 0.3) is 20.5 Å². The predicted octanol–water partition coefficient (Wildman–Crippen LogP) is 3.71. The molecule has 1 aliphatic heterocycles. The summed E-state index contributed by atoms with van der Waals surface area (Å²) in [5, 5.41) is 1.32. The van der Waals surface area contributed by atoms with Gasteiger partial charge < -0.3 is 4.90 Å². The fraction of sp³-hybridized carbons (Fsp3) is 0.316. The summed E-state index contributed by atoms with van der Waals surface area (Å²) in [6.07, 6.45) is 3.99. The highest BCUT2D eigenvalue weighted by molar-refractivity contribution is 7.22. The maximum Gasteiger partial charge on any atom is 0.0370 e. The topological polar surface area (TPSA) is 19.4 Å². The first kappa shape index (κ1) is 14.8. The van der Waals surface area contributed by atoms with E-state index in [2.05, 4.69) is 58.2 Å². The summed E-state index contributed by atoms with van der Waals surface area (Å²) in [6, 6.07) is 13.1. The molecule has 0 aliphatic carbocycles. The van der Waals surface area contributed by atoms with Gasteiger partial charge in [0.2, 0.25) is 0 Å². The van der Waals surface area contributed by atoms with Gasteiger partial charge in [0, 0.05) is 60.3 Å². The minimum Gasteiger partial charge on any atom is -0.304 e. The van der Waals surface area contributed by atoms with Crippen molar-refractivity contribution in [3.8, 4) is 10.4 Å². The third-order valence-electron chi connectivity index (χ3n) is 4.51. The Balaban J connectivity index is 1.56. The van der Waals surface area contributed by atoms with Crippen LogP contribution in [0.2, 0.25) is 0 Å². The summed E-state index contributed by atoms with van der Waals surface area (Å²) in [5.41, 5.74) is 2.54. The number of hydrogen-bond donors (Lipinski definition) is 0. The fourth-order valence-electron chi connectivity index (χ4n) is 3.10. The molecule has 0 amide bonds. The number of piperazine rings is 1. The van der Waals surface area contributed by atoms with E-state index in [-0.39, 0.29) is 0 Å². The highest BCUT2D eigenvalue weighted by Gasteiger charge is 2.14. The van der Waals surface area contributed by atoms with Crippen molar-refractivity contribution in [2.75, 3.05) is 33.2 Å². The molecule has 0 bridgehead atoms. The molecule has 1 saturated heterocycles. The predicted molar refractivity (Wildman–Crippen MR) is 97.8 cm³/mol. The smallest absolute Gasteiger partial charge is 0.0370 e. The molecule has 1 aromatic carbocycles. The summed E-state index contributed by atoms with van der Waals surface area (Å²) in [7, 11) is 2.20. The van der Waals surface area contributed by atoms with E-state index >= 15 is 0 Å². The standard InChI is InChI=1S/C19H21N3S/c1-21-6-8-22(9-7-21)14-15-10-17(13-20-12-15)19-11-16-4-2-3-5-18(16)23-19/h2-5,10-13H,6-9,14H2,1H3. The van der Waals surface area contributed by atoms with Gasteiger partial charge in [0.25, 0.3) is 0 Å². The van der Waals surface area contributed by atoms with Crippen LogP contribution in [0.4, 0.5) is 0 Å². The maximum absolute atomic E-state index is 4.48. The molecule has 3 aromatic rings. The van der Waals surface area contributed by atoms with Crippen molar-refractivity contribution in [3.05, 3.63) is 54.4 Å². The summed E-state index contributed by atoms with van der Waals surface area (Å²) < 4.78 is 1.34. The third-order valence-corrected chi connectivity index (χ3v) is 5.67. The molecule has 1 fully saturated rings. The van der Waals surface area contributed by atoms with Gasteiger partial charge in [0.05, 0.1) is 0 Å². The van der Waals surface area contributed by atoms with Crippen LogP contribution >= 0.6 is 11.3 Å². The first-order valence-electron chi connectivity index (χ1n) is 8.12. The summed E-state index contributed by atoms with van der Waals surface area (Å²) in [5.74, 6) is 0. The van der Waals surface area contributed by atoms with Crippen LogP contribution in [-0.4, -0.2) is 48.0 Å². The van der Waals surface area contributed by atoms with E-state index < -0.39 is 0 Å². The summed E-state index contributed by atoms with van der Waals surface area (Å²) >= 11 is 1.85. The van der Waals surface area contributed by atoms with Crippen molar-refractivity contribution in [3.63, 3.8) is 0 Å². The largest absolute Gasteiger partial charge is 0.304 e. The zero-order chi connectivity index (χ0) is 15.6.